The Bertz CT molecular complexity index is 325. The van der Waals surface area contributed by atoms with Gasteiger partial charge in [0.05, 0.1) is 0 Å². The summed E-state index contributed by atoms with van der Waals surface area (Å²) in [5.41, 5.74) is 0. The van der Waals surface area contributed by atoms with Crippen LogP contribution >= 0.6 is 15.9 Å². The monoisotopic (exact) mass is 243 g/mol. The fourth-order valence-corrected chi connectivity index (χ4v) is 0.843. The molecule has 6 nitrogen and oxygen atoms in total. The number of carbonyl (C=O) groups is 1. The minimum Gasteiger partial charge on any atom is -0.345 e. The number of nitrogens with zero attached hydrogens (tertiary/aromatic N) is 3. The molecule has 2 N–H and O–H groups in total. The molecule has 0 bridgehead atoms. The van der Waals surface area contributed by atoms with Crippen molar-refractivity contribution in [3.63, 3.8) is 0 Å². The van der Waals surface area contributed by atoms with E-state index >= 15 is 0 Å². The summed E-state index contributed by atoms with van der Waals surface area (Å²) < 4.78 is 0. The standard InChI is InChI=1S/C6H6BrN5O/c7-3-1-6(13)8-4-2-5-9-11-12-10-5/h2,4H2,(H,8,13)(H,9,10,11,12). The number of aromatic nitrogens is 4. The number of aromatic amines is 1. The van der Waals surface area contributed by atoms with Crippen LogP contribution in [-0.4, -0.2) is 33.1 Å². The van der Waals surface area contributed by atoms with Crippen LogP contribution in [0.5, 0.6) is 0 Å². The fourth-order valence-electron chi connectivity index (χ4n) is 0.663. The number of hydrogen-bond acceptors (Lipinski definition) is 4. The van der Waals surface area contributed by atoms with Gasteiger partial charge in [0.1, 0.15) is 0 Å². The molecular formula is C6H6BrN5O. The number of hydrogen-bond donors (Lipinski definition) is 2. The third-order valence-electron chi connectivity index (χ3n) is 1.18. The number of amides is 1. The maximum absolute atomic E-state index is 10.8. The smallest absolute Gasteiger partial charge is 0.296 e. The van der Waals surface area contributed by atoms with Crippen molar-refractivity contribution >= 4 is 21.8 Å². The van der Waals surface area contributed by atoms with Crippen LogP contribution < -0.4 is 5.32 Å². The second-order valence-electron chi connectivity index (χ2n) is 2.05. The molecule has 0 fully saturated rings. The Morgan fingerprint density at radius 2 is 2.54 bits per heavy atom. The molecule has 1 amide bonds. The third kappa shape index (κ3) is 3.66. The van der Waals surface area contributed by atoms with E-state index in [1.54, 1.807) is 0 Å². The molecule has 0 spiro atoms. The number of nitrogens with one attached hydrogen (secondary N) is 2. The average molecular weight is 244 g/mol. The largest absolute Gasteiger partial charge is 0.345 e. The van der Waals surface area contributed by atoms with Gasteiger partial charge in [-0.25, -0.2) is 0 Å². The van der Waals surface area contributed by atoms with Gasteiger partial charge in [-0.15, -0.1) is 10.2 Å². The summed E-state index contributed by atoms with van der Waals surface area (Å²) in [6.07, 6.45) is 0.534. The van der Waals surface area contributed by atoms with E-state index in [0.29, 0.717) is 18.8 Å². The van der Waals surface area contributed by atoms with Crippen LogP contribution in [0.1, 0.15) is 5.82 Å². The van der Waals surface area contributed by atoms with Gasteiger partial charge >= 0.3 is 0 Å². The summed E-state index contributed by atoms with van der Waals surface area (Å²) in [6, 6.07) is 0. The van der Waals surface area contributed by atoms with Crippen molar-refractivity contribution in [2.75, 3.05) is 6.54 Å². The Labute approximate surface area is 82.6 Å². The second-order valence-corrected chi connectivity index (χ2v) is 2.45. The first-order valence-electron chi connectivity index (χ1n) is 3.44. The maximum atomic E-state index is 10.8. The third-order valence-corrected chi connectivity index (χ3v) is 1.38. The van der Waals surface area contributed by atoms with Crippen molar-refractivity contribution in [1.82, 2.24) is 25.9 Å². The van der Waals surface area contributed by atoms with E-state index in [9.17, 15) is 4.79 Å². The minimum absolute atomic E-state index is 0.333. The average Bonchev–Trinajstić information content (AvgIpc) is 2.57. The van der Waals surface area contributed by atoms with Gasteiger partial charge in [-0.2, -0.15) is 5.21 Å². The number of H-pyrrole nitrogens is 1. The number of rotatable bonds is 3. The van der Waals surface area contributed by atoms with E-state index in [0.717, 1.165) is 0 Å². The van der Waals surface area contributed by atoms with Crippen LogP contribution in [0.3, 0.4) is 0 Å². The Kier molecular flexibility index (Phi) is 3.92. The van der Waals surface area contributed by atoms with Gasteiger partial charge in [-0.3, -0.25) is 4.79 Å². The highest BCUT2D eigenvalue weighted by molar-refractivity contribution is 9.12. The first kappa shape index (κ1) is 9.67. The lowest BCUT2D eigenvalue weighted by Gasteiger charge is -1.95. The fraction of sp³-hybridized carbons (Fsp3) is 0.333. The molecule has 13 heavy (non-hydrogen) atoms. The SMILES string of the molecule is O=C(C#CBr)NCCc1nn[nH]n1. The molecule has 0 atom stereocenters. The zero-order valence-electron chi connectivity index (χ0n) is 6.54. The summed E-state index contributed by atoms with van der Waals surface area (Å²) >= 11 is 2.82. The Hall–Kier alpha value is -1.42. The van der Waals surface area contributed by atoms with Gasteiger partial charge < -0.3 is 5.32 Å². The van der Waals surface area contributed by atoms with E-state index in [2.05, 4.69) is 52.6 Å². The van der Waals surface area contributed by atoms with Crippen LogP contribution in [0.25, 0.3) is 0 Å². The van der Waals surface area contributed by atoms with Crippen LogP contribution in [0.4, 0.5) is 0 Å². The van der Waals surface area contributed by atoms with Gasteiger partial charge in [-0.1, -0.05) is 5.21 Å². The molecule has 1 heterocycles. The number of carbonyl (C=O) groups excluding carboxylic acids is 1. The summed E-state index contributed by atoms with van der Waals surface area (Å²) in [6.45, 7) is 0.444. The van der Waals surface area contributed by atoms with E-state index in [1.165, 1.54) is 0 Å². The van der Waals surface area contributed by atoms with Crippen LogP contribution in [0, 0.1) is 10.8 Å². The highest BCUT2D eigenvalue weighted by Crippen LogP contribution is 1.82. The van der Waals surface area contributed by atoms with E-state index in [-0.39, 0.29) is 5.91 Å². The molecule has 1 aromatic heterocycles. The predicted octanol–water partition coefficient (Wildman–Crippen LogP) is -0.786. The molecule has 0 radical (unpaired) electrons. The Morgan fingerprint density at radius 3 is 3.15 bits per heavy atom. The predicted molar refractivity (Wildman–Crippen MR) is 47.6 cm³/mol. The quantitative estimate of drug-likeness (QED) is 0.683. The normalized spacial score (nSPS) is 8.69. The molecular weight excluding hydrogens is 238 g/mol. The lowest BCUT2D eigenvalue weighted by Crippen LogP contribution is -2.24. The van der Waals surface area contributed by atoms with Gasteiger partial charge in [0.15, 0.2) is 5.82 Å². The van der Waals surface area contributed by atoms with Gasteiger partial charge in [-0.05, 0) is 4.83 Å². The van der Waals surface area contributed by atoms with E-state index < -0.39 is 0 Å². The first-order chi connectivity index (χ1) is 6.33. The molecule has 0 aliphatic carbocycles. The lowest BCUT2D eigenvalue weighted by atomic mass is 10.4. The Morgan fingerprint density at radius 1 is 1.69 bits per heavy atom. The van der Waals surface area contributed by atoms with Crippen molar-refractivity contribution in [3.8, 4) is 10.8 Å². The zero-order chi connectivity index (χ0) is 9.52. The molecule has 1 aromatic rings. The van der Waals surface area contributed by atoms with Gasteiger partial charge in [0.25, 0.3) is 5.91 Å². The topological polar surface area (TPSA) is 83.6 Å². The van der Waals surface area contributed by atoms with Crippen LogP contribution in [0.15, 0.2) is 0 Å². The van der Waals surface area contributed by atoms with Gasteiger partial charge in [0, 0.05) is 34.8 Å². The number of tetrazole rings is 1. The van der Waals surface area contributed by atoms with Crippen molar-refractivity contribution < 1.29 is 4.79 Å². The molecule has 0 aliphatic rings. The molecule has 68 valence electrons. The zero-order valence-corrected chi connectivity index (χ0v) is 8.13. The summed E-state index contributed by atoms with van der Waals surface area (Å²) in [5, 5.41) is 15.7. The first-order valence-corrected chi connectivity index (χ1v) is 4.24. The number of halogens is 1. The maximum Gasteiger partial charge on any atom is 0.296 e. The highest BCUT2D eigenvalue weighted by Gasteiger charge is 1.98. The highest BCUT2D eigenvalue weighted by atomic mass is 79.9. The van der Waals surface area contributed by atoms with Crippen molar-refractivity contribution in [2.45, 2.75) is 6.42 Å². The molecule has 1 rings (SSSR count). The molecule has 0 aromatic carbocycles. The Balaban J connectivity index is 2.20. The van der Waals surface area contributed by atoms with Crippen molar-refractivity contribution in [2.24, 2.45) is 0 Å². The van der Waals surface area contributed by atoms with E-state index in [4.69, 9.17) is 0 Å². The van der Waals surface area contributed by atoms with E-state index in [1.807, 2.05) is 0 Å². The molecule has 0 saturated heterocycles. The molecule has 0 saturated carbocycles. The minimum atomic E-state index is -0.333. The van der Waals surface area contributed by atoms with Crippen molar-refractivity contribution in [1.29, 1.82) is 0 Å². The van der Waals surface area contributed by atoms with Gasteiger partial charge in [0.2, 0.25) is 0 Å². The summed E-state index contributed by atoms with van der Waals surface area (Å²) in [5.74, 6) is 2.51. The second kappa shape index (κ2) is 5.27. The molecule has 0 unspecified atom stereocenters. The molecule has 0 aliphatic heterocycles. The molecule has 7 heteroatoms. The van der Waals surface area contributed by atoms with Crippen LogP contribution in [-0.2, 0) is 11.2 Å². The lowest BCUT2D eigenvalue weighted by molar-refractivity contribution is -0.115. The summed E-state index contributed by atoms with van der Waals surface area (Å²) in [4.78, 5) is 13.1. The van der Waals surface area contributed by atoms with Crippen LogP contribution in [0.2, 0.25) is 0 Å². The van der Waals surface area contributed by atoms with Crippen molar-refractivity contribution in [3.05, 3.63) is 5.82 Å². The summed E-state index contributed by atoms with van der Waals surface area (Å²) in [7, 11) is 0.